The van der Waals surface area contributed by atoms with E-state index in [1.807, 2.05) is 36.4 Å². The average Bonchev–Trinajstić information content (AvgIpc) is 3.46. The van der Waals surface area contributed by atoms with Gasteiger partial charge in [0.15, 0.2) is 0 Å². The number of carbonyl (C=O) groups is 2. The van der Waals surface area contributed by atoms with Gasteiger partial charge in [-0.2, -0.15) is 0 Å². The smallest absolute Gasteiger partial charge is 0.308 e. The third-order valence-electron chi connectivity index (χ3n) is 5.25. The summed E-state index contributed by atoms with van der Waals surface area (Å²) in [7, 11) is 1.56. The molecule has 0 heterocycles. The van der Waals surface area contributed by atoms with Gasteiger partial charge in [0.25, 0.3) is 0 Å². The van der Waals surface area contributed by atoms with Crippen LogP contribution in [0.2, 0.25) is 0 Å². The molecule has 1 aliphatic carbocycles. The molecular formula is C22H25NO4. The van der Waals surface area contributed by atoms with Crippen LogP contribution in [-0.4, -0.2) is 30.6 Å². The van der Waals surface area contributed by atoms with Crippen molar-refractivity contribution >= 4 is 11.9 Å². The number of amides is 1. The van der Waals surface area contributed by atoms with E-state index in [0.717, 1.165) is 12.0 Å². The molecule has 0 saturated heterocycles. The fourth-order valence-corrected chi connectivity index (χ4v) is 3.57. The first kappa shape index (κ1) is 19.0. The Kier molecular flexibility index (Phi) is 5.79. The van der Waals surface area contributed by atoms with Gasteiger partial charge in [0.2, 0.25) is 5.91 Å². The molecule has 1 saturated carbocycles. The van der Waals surface area contributed by atoms with Crippen LogP contribution in [0.5, 0.6) is 5.75 Å². The van der Waals surface area contributed by atoms with E-state index in [1.54, 1.807) is 7.11 Å². The standard InChI is InChI=1S/C22H25NO4/c1-14-7-3-5-9-17(14)18-12-19(18)21(24)23-13-16(22(25)26)11-15-8-4-6-10-20(15)27-2/h3-10,16,18-19H,11-13H2,1-2H3,(H,23,24)(H,25,26). The maximum atomic E-state index is 12.5. The van der Waals surface area contributed by atoms with Crippen molar-refractivity contribution in [2.24, 2.45) is 11.8 Å². The Morgan fingerprint density at radius 2 is 1.89 bits per heavy atom. The molecule has 0 bridgehead atoms. The van der Waals surface area contributed by atoms with Gasteiger partial charge >= 0.3 is 5.97 Å². The Labute approximate surface area is 159 Å². The van der Waals surface area contributed by atoms with Crippen LogP contribution in [-0.2, 0) is 16.0 Å². The predicted molar refractivity (Wildman–Crippen MR) is 103 cm³/mol. The number of carboxylic acids is 1. The number of methoxy groups -OCH3 is 1. The molecule has 0 aliphatic heterocycles. The topological polar surface area (TPSA) is 75.6 Å². The van der Waals surface area contributed by atoms with Crippen molar-refractivity contribution in [1.29, 1.82) is 0 Å². The van der Waals surface area contributed by atoms with Crippen LogP contribution in [0.3, 0.4) is 0 Å². The molecule has 2 aromatic rings. The third kappa shape index (κ3) is 4.48. The molecule has 3 rings (SSSR count). The van der Waals surface area contributed by atoms with Crippen molar-refractivity contribution < 1.29 is 19.4 Å². The van der Waals surface area contributed by atoms with Crippen LogP contribution in [0.1, 0.15) is 29.0 Å². The fraction of sp³-hybridized carbons (Fsp3) is 0.364. The van der Waals surface area contributed by atoms with Crippen LogP contribution in [0.25, 0.3) is 0 Å². The highest BCUT2D eigenvalue weighted by molar-refractivity contribution is 5.83. The van der Waals surface area contributed by atoms with Gasteiger partial charge < -0.3 is 15.2 Å². The first-order chi connectivity index (χ1) is 13.0. The Bertz CT molecular complexity index is 833. The van der Waals surface area contributed by atoms with Gasteiger partial charge in [-0.3, -0.25) is 9.59 Å². The zero-order valence-electron chi connectivity index (χ0n) is 15.6. The Balaban J connectivity index is 1.58. The largest absolute Gasteiger partial charge is 0.496 e. The second kappa shape index (κ2) is 8.25. The molecule has 3 atom stereocenters. The number of benzene rings is 2. The number of ether oxygens (including phenoxy) is 1. The second-order valence-electron chi connectivity index (χ2n) is 7.10. The highest BCUT2D eigenvalue weighted by Gasteiger charge is 2.44. The lowest BCUT2D eigenvalue weighted by Gasteiger charge is -2.15. The van der Waals surface area contributed by atoms with E-state index in [2.05, 4.69) is 24.4 Å². The minimum atomic E-state index is -0.924. The predicted octanol–water partition coefficient (Wildman–Crippen LogP) is 3.17. The minimum Gasteiger partial charge on any atom is -0.496 e. The molecule has 1 fully saturated rings. The SMILES string of the molecule is COc1ccccc1CC(CNC(=O)C1CC1c1ccccc1C)C(=O)O. The number of para-hydroxylation sites is 1. The molecule has 5 heteroatoms. The van der Waals surface area contributed by atoms with Crippen molar-refractivity contribution in [3.05, 3.63) is 65.2 Å². The van der Waals surface area contributed by atoms with Crippen molar-refractivity contribution in [2.45, 2.75) is 25.7 Å². The first-order valence-electron chi connectivity index (χ1n) is 9.19. The first-order valence-corrected chi connectivity index (χ1v) is 9.19. The van der Waals surface area contributed by atoms with Crippen LogP contribution in [0, 0.1) is 18.8 Å². The fourth-order valence-electron chi connectivity index (χ4n) is 3.57. The molecule has 3 unspecified atom stereocenters. The zero-order chi connectivity index (χ0) is 19.4. The third-order valence-corrected chi connectivity index (χ3v) is 5.25. The highest BCUT2D eigenvalue weighted by atomic mass is 16.5. The molecule has 0 spiro atoms. The van der Waals surface area contributed by atoms with Gasteiger partial charge in [-0.15, -0.1) is 0 Å². The lowest BCUT2D eigenvalue weighted by molar-refractivity contribution is -0.141. The van der Waals surface area contributed by atoms with Gasteiger partial charge in [-0.05, 0) is 48.4 Å². The van der Waals surface area contributed by atoms with Gasteiger partial charge in [-0.1, -0.05) is 42.5 Å². The van der Waals surface area contributed by atoms with Gasteiger partial charge in [0.05, 0.1) is 13.0 Å². The number of hydrogen-bond donors (Lipinski definition) is 2. The summed E-state index contributed by atoms with van der Waals surface area (Å²) < 4.78 is 5.29. The zero-order valence-corrected chi connectivity index (χ0v) is 15.6. The summed E-state index contributed by atoms with van der Waals surface area (Å²) in [5.41, 5.74) is 3.23. The molecule has 1 amide bonds. The highest BCUT2D eigenvalue weighted by Crippen LogP contribution is 2.48. The maximum absolute atomic E-state index is 12.5. The second-order valence-corrected chi connectivity index (χ2v) is 7.10. The van der Waals surface area contributed by atoms with Crippen molar-refractivity contribution in [1.82, 2.24) is 5.32 Å². The summed E-state index contributed by atoms with van der Waals surface area (Å²) in [6, 6.07) is 15.5. The van der Waals surface area contributed by atoms with E-state index >= 15 is 0 Å². The molecule has 1 aliphatic rings. The summed E-state index contributed by atoms with van der Waals surface area (Å²) in [6.07, 6.45) is 1.13. The van der Waals surface area contributed by atoms with E-state index in [4.69, 9.17) is 4.74 Å². The van der Waals surface area contributed by atoms with Crippen LogP contribution in [0.15, 0.2) is 48.5 Å². The van der Waals surface area contributed by atoms with E-state index in [0.29, 0.717) is 12.2 Å². The Hall–Kier alpha value is -2.82. The van der Waals surface area contributed by atoms with E-state index in [1.165, 1.54) is 11.1 Å². The summed E-state index contributed by atoms with van der Waals surface area (Å²) in [5.74, 6) is -0.838. The van der Waals surface area contributed by atoms with E-state index in [9.17, 15) is 14.7 Å². The number of aliphatic carboxylic acids is 1. The number of carboxylic acid groups (broad SMARTS) is 1. The lowest BCUT2D eigenvalue weighted by Crippen LogP contribution is -2.35. The van der Waals surface area contributed by atoms with Gasteiger partial charge in [0.1, 0.15) is 5.75 Å². The molecule has 27 heavy (non-hydrogen) atoms. The normalized spacial score (nSPS) is 19.2. The van der Waals surface area contributed by atoms with Crippen LogP contribution < -0.4 is 10.1 Å². The summed E-state index contributed by atoms with van der Waals surface area (Å²) in [5, 5.41) is 12.4. The number of rotatable bonds is 8. The number of hydrogen-bond acceptors (Lipinski definition) is 3. The molecular weight excluding hydrogens is 342 g/mol. The maximum Gasteiger partial charge on any atom is 0.308 e. The molecule has 2 aromatic carbocycles. The summed E-state index contributed by atoms with van der Waals surface area (Å²) in [6.45, 7) is 2.17. The molecule has 0 radical (unpaired) electrons. The number of nitrogens with one attached hydrogen (secondary N) is 1. The summed E-state index contributed by atoms with van der Waals surface area (Å²) in [4.78, 5) is 24.1. The number of carbonyl (C=O) groups excluding carboxylic acids is 1. The molecule has 0 aromatic heterocycles. The molecule has 5 nitrogen and oxygen atoms in total. The number of aryl methyl sites for hydroxylation is 1. The van der Waals surface area contributed by atoms with Crippen molar-refractivity contribution in [2.75, 3.05) is 13.7 Å². The minimum absolute atomic E-state index is 0.0606. The molecule has 2 N–H and O–H groups in total. The Morgan fingerprint density at radius 1 is 1.19 bits per heavy atom. The summed E-state index contributed by atoms with van der Waals surface area (Å²) >= 11 is 0. The van der Waals surface area contributed by atoms with Crippen molar-refractivity contribution in [3.63, 3.8) is 0 Å². The van der Waals surface area contributed by atoms with Crippen LogP contribution in [0.4, 0.5) is 0 Å². The van der Waals surface area contributed by atoms with Gasteiger partial charge in [-0.25, -0.2) is 0 Å². The average molecular weight is 367 g/mol. The lowest BCUT2D eigenvalue weighted by atomic mass is 9.98. The van der Waals surface area contributed by atoms with E-state index in [-0.39, 0.29) is 24.3 Å². The Morgan fingerprint density at radius 3 is 2.59 bits per heavy atom. The quantitative estimate of drug-likeness (QED) is 0.751. The van der Waals surface area contributed by atoms with Crippen molar-refractivity contribution in [3.8, 4) is 5.75 Å². The van der Waals surface area contributed by atoms with E-state index < -0.39 is 11.9 Å². The van der Waals surface area contributed by atoms with Gasteiger partial charge in [0, 0.05) is 12.5 Å². The molecule has 142 valence electrons. The monoisotopic (exact) mass is 367 g/mol. The van der Waals surface area contributed by atoms with Crippen LogP contribution >= 0.6 is 0 Å².